The van der Waals surface area contributed by atoms with E-state index in [1.165, 1.54) is 6.42 Å². The normalized spacial score (nSPS) is 16.8. The van der Waals surface area contributed by atoms with Crippen LogP contribution in [-0.2, 0) is 6.42 Å². The van der Waals surface area contributed by atoms with E-state index in [1.807, 2.05) is 25.1 Å². The molecule has 2 aromatic rings. The highest BCUT2D eigenvalue weighted by atomic mass is 15.2. The van der Waals surface area contributed by atoms with E-state index in [2.05, 4.69) is 55.4 Å². The second-order valence-corrected chi connectivity index (χ2v) is 9.78. The lowest BCUT2D eigenvalue weighted by Gasteiger charge is -2.35. The predicted molar refractivity (Wildman–Crippen MR) is 128 cm³/mol. The summed E-state index contributed by atoms with van der Waals surface area (Å²) in [4.78, 5) is 12.0. The van der Waals surface area contributed by atoms with Crippen LogP contribution in [0.4, 0.5) is 17.5 Å². The quantitative estimate of drug-likeness (QED) is 0.659. The van der Waals surface area contributed by atoms with E-state index in [0.717, 1.165) is 61.7 Å². The Morgan fingerprint density at radius 3 is 2.74 bits per heavy atom. The Labute approximate surface area is 187 Å². The summed E-state index contributed by atoms with van der Waals surface area (Å²) in [6.07, 6.45) is 4.31. The third-order valence-electron chi connectivity index (χ3n) is 5.55. The van der Waals surface area contributed by atoms with Gasteiger partial charge in [-0.2, -0.15) is 10.2 Å². The highest BCUT2D eigenvalue weighted by molar-refractivity contribution is 5.59. The molecular weight excluding hydrogens is 384 g/mol. The Morgan fingerprint density at radius 1 is 1.23 bits per heavy atom. The van der Waals surface area contributed by atoms with E-state index in [-0.39, 0.29) is 5.41 Å². The van der Waals surface area contributed by atoms with Gasteiger partial charge in [0, 0.05) is 43.1 Å². The van der Waals surface area contributed by atoms with E-state index >= 15 is 0 Å². The van der Waals surface area contributed by atoms with E-state index in [1.54, 1.807) is 0 Å². The number of nitrogens with one attached hydrogen (secondary N) is 2. The van der Waals surface area contributed by atoms with Crippen LogP contribution in [0.1, 0.15) is 63.8 Å². The van der Waals surface area contributed by atoms with Gasteiger partial charge in [-0.3, -0.25) is 0 Å². The van der Waals surface area contributed by atoms with Crippen LogP contribution in [0.2, 0.25) is 0 Å². The number of aryl methyl sites for hydroxylation is 2. The third kappa shape index (κ3) is 6.67. The van der Waals surface area contributed by atoms with Gasteiger partial charge in [-0.1, -0.05) is 40.2 Å². The van der Waals surface area contributed by atoms with Crippen LogP contribution in [0.15, 0.2) is 24.3 Å². The molecule has 0 saturated carbocycles. The number of aromatic nitrogens is 2. The van der Waals surface area contributed by atoms with Crippen molar-refractivity contribution in [1.82, 2.24) is 15.3 Å². The van der Waals surface area contributed by atoms with Crippen molar-refractivity contribution in [2.24, 2.45) is 5.41 Å². The number of benzene rings is 1. The number of anilines is 3. The van der Waals surface area contributed by atoms with Crippen LogP contribution in [-0.4, -0.2) is 35.6 Å². The Bertz CT molecular complexity index is 925. The minimum Gasteiger partial charge on any atom is -0.355 e. The second-order valence-electron chi connectivity index (χ2n) is 9.78. The monoisotopic (exact) mass is 420 g/mol. The molecule has 0 aliphatic carbocycles. The van der Waals surface area contributed by atoms with Crippen molar-refractivity contribution in [3.8, 4) is 6.07 Å². The van der Waals surface area contributed by atoms with Crippen LogP contribution in [0.25, 0.3) is 0 Å². The van der Waals surface area contributed by atoms with E-state index in [0.29, 0.717) is 17.6 Å². The predicted octanol–water partition coefficient (Wildman–Crippen LogP) is 4.96. The lowest BCUT2D eigenvalue weighted by molar-refractivity contribution is 0.328. The summed E-state index contributed by atoms with van der Waals surface area (Å²) in [6.45, 7) is 13.9. The van der Waals surface area contributed by atoms with Crippen LogP contribution >= 0.6 is 0 Å². The molecule has 1 fully saturated rings. The molecule has 1 aromatic carbocycles. The number of nitrogens with zero attached hydrogens (tertiary/aromatic N) is 4. The van der Waals surface area contributed by atoms with Gasteiger partial charge in [0.25, 0.3) is 0 Å². The molecule has 3 rings (SSSR count). The molecule has 1 aliphatic heterocycles. The highest BCUT2D eigenvalue weighted by Gasteiger charge is 2.23. The molecule has 0 bridgehead atoms. The first-order valence-electron chi connectivity index (χ1n) is 11.4. The first-order chi connectivity index (χ1) is 14.8. The van der Waals surface area contributed by atoms with Gasteiger partial charge in [0.1, 0.15) is 5.82 Å². The molecule has 2 heterocycles. The van der Waals surface area contributed by atoms with Crippen molar-refractivity contribution in [2.75, 3.05) is 29.9 Å². The molecule has 166 valence electrons. The van der Waals surface area contributed by atoms with Gasteiger partial charge in [-0.05, 0) is 49.3 Å². The van der Waals surface area contributed by atoms with Gasteiger partial charge in [0.2, 0.25) is 5.95 Å². The standard InChI is InChI=1S/C25H36N6/c1-6-8-20-14-23(31-12-7-9-22(16-31)27-17-25(3,4)5)30-24(28-20)29-21-11-10-18(2)19(13-21)15-26/h10-11,13-14,22,27H,6-9,12,16-17H2,1-5H3,(H,28,29,30)/t22-/m0/s1. The average Bonchev–Trinajstić information content (AvgIpc) is 2.73. The van der Waals surface area contributed by atoms with Crippen molar-refractivity contribution in [2.45, 2.75) is 66.3 Å². The Balaban J connectivity index is 1.80. The molecule has 31 heavy (non-hydrogen) atoms. The van der Waals surface area contributed by atoms with Crippen molar-refractivity contribution in [1.29, 1.82) is 5.26 Å². The van der Waals surface area contributed by atoms with Crippen molar-refractivity contribution < 1.29 is 0 Å². The van der Waals surface area contributed by atoms with Gasteiger partial charge in [-0.25, -0.2) is 4.98 Å². The van der Waals surface area contributed by atoms with Gasteiger partial charge in [0.15, 0.2) is 0 Å². The molecule has 1 aliphatic rings. The van der Waals surface area contributed by atoms with Crippen LogP contribution in [0.5, 0.6) is 0 Å². The second kappa shape index (κ2) is 10.1. The lowest BCUT2D eigenvalue weighted by Crippen LogP contribution is -2.48. The molecule has 1 saturated heterocycles. The zero-order valence-corrected chi connectivity index (χ0v) is 19.6. The fourth-order valence-electron chi connectivity index (χ4n) is 3.84. The number of hydrogen-bond donors (Lipinski definition) is 2. The van der Waals surface area contributed by atoms with Crippen molar-refractivity contribution >= 4 is 17.5 Å². The van der Waals surface area contributed by atoms with Crippen LogP contribution in [0, 0.1) is 23.7 Å². The van der Waals surface area contributed by atoms with E-state index < -0.39 is 0 Å². The highest BCUT2D eigenvalue weighted by Crippen LogP contribution is 2.24. The van der Waals surface area contributed by atoms with Gasteiger partial charge in [-0.15, -0.1) is 0 Å². The minimum atomic E-state index is 0.277. The molecule has 0 unspecified atom stereocenters. The molecule has 6 heteroatoms. The molecular formula is C25H36N6. The van der Waals surface area contributed by atoms with Crippen LogP contribution < -0.4 is 15.5 Å². The molecule has 0 spiro atoms. The van der Waals surface area contributed by atoms with E-state index in [4.69, 9.17) is 9.97 Å². The van der Waals surface area contributed by atoms with Gasteiger partial charge in [0.05, 0.1) is 11.6 Å². The zero-order valence-electron chi connectivity index (χ0n) is 19.6. The SMILES string of the molecule is CCCc1cc(N2CCC[C@H](NCC(C)(C)C)C2)nc(Nc2ccc(C)c(C#N)c2)n1. The summed E-state index contributed by atoms with van der Waals surface area (Å²) in [7, 11) is 0. The summed E-state index contributed by atoms with van der Waals surface area (Å²) in [5.74, 6) is 1.58. The summed E-state index contributed by atoms with van der Waals surface area (Å²) >= 11 is 0. The van der Waals surface area contributed by atoms with Crippen LogP contribution in [0.3, 0.4) is 0 Å². The maximum Gasteiger partial charge on any atom is 0.229 e. The topological polar surface area (TPSA) is 76.9 Å². The summed E-state index contributed by atoms with van der Waals surface area (Å²) in [5, 5.41) is 16.4. The molecule has 0 radical (unpaired) electrons. The summed E-state index contributed by atoms with van der Waals surface area (Å²) in [5.41, 5.74) is 3.80. The smallest absolute Gasteiger partial charge is 0.229 e. The fraction of sp³-hybridized carbons (Fsp3) is 0.560. The molecule has 1 atom stereocenters. The van der Waals surface area contributed by atoms with Gasteiger partial charge >= 0.3 is 0 Å². The zero-order chi connectivity index (χ0) is 22.4. The Kier molecular flexibility index (Phi) is 7.50. The van der Waals surface area contributed by atoms with Crippen molar-refractivity contribution in [3.05, 3.63) is 41.1 Å². The number of hydrogen-bond acceptors (Lipinski definition) is 6. The minimum absolute atomic E-state index is 0.277. The fourth-order valence-corrected chi connectivity index (χ4v) is 3.84. The van der Waals surface area contributed by atoms with E-state index in [9.17, 15) is 5.26 Å². The first kappa shape index (κ1) is 23.0. The Morgan fingerprint density at radius 2 is 2.03 bits per heavy atom. The molecule has 2 N–H and O–H groups in total. The maximum absolute atomic E-state index is 9.33. The first-order valence-corrected chi connectivity index (χ1v) is 11.4. The summed E-state index contributed by atoms with van der Waals surface area (Å²) in [6, 6.07) is 10.6. The Hall–Kier alpha value is -2.65. The molecule has 1 aromatic heterocycles. The van der Waals surface area contributed by atoms with Crippen molar-refractivity contribution in [3.63, 3.8) is 0 Å². The maximum atomic E-state index is 9.33. The molecule has 0 amide bonds. The average molecular weight is 421 g/mol. The largest absolute Gasteiger partial charge is 0.355 e. The number of rotatable bonds is 7. The number of piperidine rings is 1. The summed E-state index contributed by atoms with van der Waals surface area (Å²) < 4.78 is 0. The van der Waals surface area contributed by atoms with Gasteiger partial charge < -0.3 is 15.5 Å². The third-order valence-corrected chi connectivity index (χ3v) is 5.55. The number of nitriles is 1. The molecule has 6 nitrogen and oxygen atoms in total. The lowest BCUT2D eigenvalue weighted by atomic mass is 9.95.